The van der Waals surface area contributed by atoms with Gasteiger partial charge in [0.2, 0.25) is 0 Å². The van der Waals surface area contributed by atoms with Gasteiger partial charge in [-0.1, -0.05) is 44.2 Å². The van der Waals surface area contributed by atoms with E-state index in [1.807, 2.05) is 6.07 Å². The van der Waals surface area contributed by atoms with Crippen LogP contribution < -0.4 is 0 Å². The molecule has 2 heteroatoms. The summed E-state index contributed by atoms with van der Waals surface area (Å²) in [5.74, 6) is 1.29. The molecule has 100 valence electrons. The van der Waals surface area contributed by atoms with E-state index >= 15 is 0 Å². The highest BCUT2D eigenvalue weighted by atomic mass is 16.5. The highest BCUT2D eigenvalue weighted by molar-refractivity contribution is 5.75. The van der Waals surface area contributed by atoms with Crippen LogP contribution in [-0.2, 0) is 16.0 Å². The van der Waals surface area contributed by atoms with Gasteiger partial charge in [-0.3, -0.25) is 4.79 Å². The van der Waals surface area contributed by atoms with Crippen molar-refractivity contribution in [2.45, 2.75) is 33.6 Å². The highest BCUT2D eigenvalue weighted by Crippen LogP contribution is 2.17. The van der Waals surface area contributed by atoms with Crippen molar-refractivity contribution in [3.8, 4) is 0 Å². The lowest BCUT2D eigenvalue weighted by molar-refractivity contribution is -0.118. The van der Waals surface area contributed by atoms with Gasteiger partial charge in [0, 0.05) is 13.0 Å². The summed E-state index contributed by atoms with van der Waals surface area (Å²) in [6, 6.07) is 10.5. The number of hydrogen-bond acceptors (Lipinski definition) is 2. The van der Waals surface area contributed by atoms with Gasteiger partial charge >= 0.3 is 0 Å². The molecular weight excluding hydrogens is 224 g/mol. The highest BCUT2D eigenvalue weighted by Gasteiger charge is 2.14. The maximum absolute atomic E-state index is 10.8. The zero-order valence-electron chi connectivity index (χ0n) is 11.7. The molecule has 0 N–H and O–H groups in total. The fraction of sp³-hybridized carbons (Fsp3) is 0.562. The van der Waals surface area contributed by atoms with Crippen molar-refractivity contribution in [1.29, 1.82) is 0 Å². The standard InChI is InChI=1S/C16H24O2/c1-13(2)16(12-18-10-9-14(3)17)11-15-7-5-4-6-8-15/h4-8,13,16H,9-12H2,1-3H3. The molecule has 0 saturated carbocycles. The minimum atomic E-state index is 0.194. The second-order valence-electron chi connectivity index (χ2n) is 5.22. The molecule has 0 heterocycles. The number of carbonyl (C=O) groups excluding carboxylic acids is 1. The Morgan fingerprint density at radius 3 is 2.44 bits per heavy atom. The number of hydrogen-bond donors (Lipinski definition) is 0. The van der Waals surface area contributed by atoms with E-state index in [4.69, 9.17) is 4.74 Å². The van der Waals surface area contributed by atoms with Crippen molar-refractivity contribution >= 4 is 5.78 Å². The fourth-order valence-electron chi connectivity index (χ4n) is 1.85. The number of Topliss-reactive ketones (excluding diaryl/α,β-unsaturated/α-hetero) is 1. The van der Waals surface area contributed by atoms with Gasteiger partial charge in [-0.2, -0.15) is 0 Å². The Morgan fingerprint density at radius 1 is 1.22 bits per heavy atom. The van der Waals surface area contributed by atoms with Gasteiger partial charge in [-0.05, 0) is 30.7 Å². The van der Waals surface area contributed by atoms with Crippen LogP contribution in [0.1, 0.15) is 32.8 Å². The van der Waals surface area contributed by atoms with Crippen LogP contribution in [0.25, 0.3) is 0 Å². The monoisotopic (exact) mass is 248 g/mol. The van der Waals surface area contributed by atoms with Crippen LogP contribution in [-0.4, -0.2) is 19.0 Å². The van der Waals surface area contributed by atoms with Gasteiger partial charge in [0.15, 0.2) is 0 Å². The molecule has 0 aromatic heterocycles. The number of ether oxygens (including phenoxy) is 1. The molecule has 0 radical (unpaired) electrons. The van der Waals surface area contributed by atoms with Crippen molar-refractivity contribution in [3.63, 3.8) is 0 Å². The summed E-state index contributed by atoms with van der Waals surface area (Å²) in [5.41, 5.74) is 1.35. The number of ketones is 1. The maximum Gasteiger partial charge on any atom is 0.132 e. The topological polar surface area (TPSA) is 26.3 Å². The molecule has 1 aromatic rings. The van der Waals surface area contributed by atoms with E-state index in [9.17, 15) is 4.79 Å². The van der Waals surface area contributed by atoms with Crippen LogP contribution in [0.3, 0.4) is 0 Å². The number of benzene rings is 1. The van der Waals surface area contributed by atoms with E-state index in [1.165, 1.54) is 5.56 Å². The molecule has 1 aromatic carbocycles. The molecule has 0 aliphatic rings. The SMILES string of the molecule is CC(=O)CCOCC(Cc1ccccc1)C(C)C. The van der Waals surface area contributed by atoms with E-state index < -0.39 is 0 Å². The molecule has 0 aliphatic carbocycles. The third-order valence-electron chi connectivity index (χ3n) is 3.21. The molecule has 0 saturated heterocycles. The first-order valence-corrected chi connectivity index (χ1v) is 6.70. The first kappa shape index (κ1) is 14.9. The van der Waals surface area contributed by atoms with Gasteiger partial charge in [-0.25, -0.2) is 0 Å². The molecule has 2 nitrogen and oxygen atoms in total. The van der Waals surface area contributed by atoms with Crippen molar-refractivity contribution in [2.24, 2.45) is 11.8 Å². The quantitative estimate of drug-likeness (QED) is 0.658. The minimum Gasteiger partial charge on any atom is -0.381 e. The van der Waals surface area contributed by atoms with Gasteiger partial charge in [-0.15, -0.1) is 0 Å². The lowest BCUT2D eigenvalue weighted by Crippen LogP contribution is -2.19. The van der Waals surface area contributed by atoms with Crippen molar-refractivity contribution < 1.29 is 9.53 Å². The predicted octanol–water partition coefficient (Wildman–Crippen LogP) is 3.50. The summed E-state index contributed by atoms with van der Waals surface area (Å²) in [5, 5.41) is 0. The second kappa shape index (κ2) is 8.04. The molecule has 0 bridgehead atoms. The Hall–Kier alpha value is -1.15. The first-order chi connectivity index (χ1) is 8.59. The summed E-state index contributed by atoms with van der Waals surface area (Å²) in [6.07, 6.45) is 1.56. The Balaban J connectivity index is 2.38. The summed E-state index contributed by atoms with van der Waals surface area (Å²) < 4.78 is 5.62. The summed E-state index contributed by atoms with van der Waals surface area (Å²) in [7, 11) is 0. The normalized spacial score (nSPS) is 12.7. The average molecular weight is 248 g/mol. The molecule has 0 fully saturated rings. The van der Waals surface area contributed by atoms with Crippen LogP contribution in [0.2, 0.25) is 0 Å². The molecule has 1 unspecified atom stereocenters. The number of rotatable bonds is 8. The second-order valence-corrected chi connectivity index (χ2v) is 5.22. The van der Waals surface area contributed by atoms with Crippen molar-refractivity contribution in [2.75, 3.05) is 13.2 Å². The molecule has 0 aliphatic heterocycles. The van der Waals surface area contributed by atoms with E-state index in [0.717, 1.165) is 13.0 Å². The molecule has 0 spiro atoms. The average Bonchev–Trinajstić information content (AvgIpc) is 2.33. The Kier molecular flexibility index (Phi) is 6.66. The van der Waals surface area contributed by atoms with Gasteiger partial charge in [0.25, 0.3) is 0 Å². The van der Waals surface area contributed by atoms with Gasteiger partial charge in [0.1, 0.15) is 5.78 Å². The molecule has 1 atom stereocenters. The maximum atomic E-state index is 10.8. The third-order valence-corrected chi connectivity index (χ3v) is 3.21. The van der Waals surface area contributed by atoms with Crippen LogP contribution in [0.5, 0.6) is 0 Å². The minimum absolute atomic E-state index is 0.194. The summed E-state index contributed by atoms with van der Waals surface area (Å²) in [6.45, 7) is 7.34. The van der Waals surface area contributed by atoms with E-state index in [1.54, 1.807) is 6.92 Å². The Morgan fingerprint density at radius 2 is 1.89 bits per heavy atom. The zero-order chi connectivity index (χ0) is 13.4. The van der Waals surface area contributed by atoms with Gasteiger partial charge in [0.05, 0.1) is 6.61 Å². The Bertz CT molecular complexity index is 343. The third kappa shape index (κ3) is 5.97. The molecule has 0 amide bonds. The van der Waals surface area contributed by atoms with Crippen LogP contribution >= 0.6 is 0 Å². The zero-order valence-corrected chi connectivity index (χ0v) is 11.7. The van der Waals surface area contributed by atoms with Crippen LogP contribution in [0, 0.1) is 11.8 Å². The Labute approximate surface area is 110 Å². The first-order valence-electron chi connectivity index (χ1n) is 6.70. The molecular formula is C16H24O2. The lowest BCUT2D eigenvalue weighted by Gasteiger charge is -2.21. The molecule has 1 rings (SSSR count). The summed E-state index contributed by atoms with van der Waals surface area (Å²) in [4.78, 5) is 10.8. The van der Waals surface area contributed by atoms with E-state index in [0.29, 0.717) is 24.9 Å². The van der Waals surface area contributed by atoms with E-state index in [-0.39, 0.29) is 5.78 Å². The summed E-state index contributed by atoms with van der Waals surface area (Å²) >= 11 is 0. The largest absolute Gasteiger partial charge is 0.381 e. The lowest BCUT2D eigenvalue weighted by atomic mass is 9.90. The van der Waals surface area contributed by atoms with Gasteiger partial charge < -0.3 is 4.74 Å². The fourth-order valence-corrected chi connectivity index (χ4v) is 1.85. The van der Waals surface area contributed by atoms with Crippen molar-refractivity contribution in [3.05, 3.63) is 35.9 Å². The number of carbonyl (C=O) groups is 1. The molecule has 18 heavy (non-hydrogen) atoms. The van der Waals surface area contributed by atoms with Crippen molar-refractivity contribution in [1.82, 2.24) is 0 Å². The predicted molar refractivity (Wildman–Crippen MR) is 74.6 cm³/mol. The van der Waals surface area contributed by atoms with Crippen LogP contribution in [0.15, 0.2) is 30.3 Å². The van der Waals surface area contributed by atoms with Crippen LogP contribution in [0.4, 0.5) is 0 Å². The smallest absolute Gasteiger partial charge is 0.132 e. The van der Waals surface area contributed by atoms with E-state index in [2.05, 4.69) is 38.1 Å².